The Bertz CT molecular complexity index is 578. The summed E-state index contributed by atoms with van der Waals surface area (Å²) in [5.74, 6) is -0.640. The highest BCUT2D eigenvalue weighted by Gasteiger charge is 2.10. The Morgan fingerprint density at radius 3 is 2.79 bits per heavy atom. The third-order valence-electron chi connectivity index (χ3n) is 2.30. The molecule has 0 saturated carbocycles. The van der Waals surface area contributed by atoms with E-state index in [4.69, 9.17) is 4.74 Å². The second-order valence-corrected chi connectivity index (χ2v) is 4.40. The molecule has 0 atom stereocenters. The van der Waals surface area contributed by atoms with Crippen LogP contribution in [0.1, 0.15) is 5.56 Å². The van der Waals surface area contributed by atoms with Crippen molar-refractivity contribution in [2.75, 3.05) is 5.32 Å². The molecule has 0 radical (unpaired) electrons. The molecule has 98 valence electrons. The minimum Gasteiger partial charge on any atom is -0.444 e. The molecule has 1 aromatic carbocycles. The molecule has 1 heterocycles. The highest BCUT2D eigenvalue weighted by Crippen LogP contribution is 2.20. The van der Waals surface area contributed by atoms with Crippen molar-refractivity contribution in [1.29, 1.82) is 0 Å². The molecule has 1 aromatic heterocycles. The lowest BCUT2D eigenvalue weighted by atomic mass is 10.2. The Labute approximate surface area is 117 Å². The quantitative estimate of drug-likeness (QED) is 0.875. The monoisotopic (exact) mass is 324 g/mol. The lowest BCUT2D eigenvalue weighted by Gasteiger charge is -2.08. The standard InChI is InChI=1S/C13H10BrFN2O2/c14-12-11(15)10(6-7-16-12)17-13(18)19-8-9-4-2-1-3-5-9/h1-7H,8H2,(H,16,17,18). The van der Waals surface area contributed by atoms with Gasteiger partial charge in [0.25, 0.3) is 0 Å². The number of benzene rings is 1. The van der Waals surface area contributed by atoms with Crippen molar-refractivity contribution >= 4 is 27.7 Å². The van der Waals surface area contributed by atoms with Gasteiger partial charge in [-0.1, -0.05) is 30.3 Å². The molecule has 0 aliphatic heterocycles. The number of halogens is 2. The van der Waals surface area contributed by atoms with Crippen molar-refractivity contribution in [3.05, 3.63) is 58.6 Å². The molecule has 0 saturated heterocycles. The van der Waals surface area contributed by atoms with E-state index in [9.17, 15) is 9.18 Å². The Balaban J connectivity index is 1.93. The first-order valence-electron chi connectivity index (χ1n) is 5.44. The number of aromatic nitrogens is 1. The first kappa shape index (κ1) is 13.5. The van der Waals surface area contributed by atoms with E-state index in [-0.39, 0.29) is 16.9 Å². The third-order valence-corrected chi connectivity index (χ3v) is 2.85. The van der Waals surface area contributed by atoms with Crippen molar-refractivity contribution in [1.82, 2.24) is 4.98 Å². The second kappa shape index (κ2) is 6.29. The number of hydrogen-bond donors (Lipinski definition) is 1. The first-order chi connectivity index (χ1) is 9.16. The van der Waals surface area contributed by atoms with Gasteiger partial charge in [0.2, 0.25) is 0 Å². The fourth-order valence-electron chi connectivity index (χ4n) is 1.38. The minimum atomic E-state index is -0.721. The summed E-state index contributed by atoms with van der Waals surface area (Å²) in [6, 6.07) is 10.6. The summed E-state index contributed by atoms with van der Waals surface area (Å²) in [5.41, 5.74) is 0.869. The van der Waals surface area contributed by atoms with Crippen LogP contribution >= 0.6 is 15.9 Å². The van der Waals surface area contributed by atoms with E-state index in [0.717, 1.165) is 5.56 Å². The van der Waals surface area contributed by atoms with Gasteiger partial charge in [0.15, 0.2) is 5.82 Å². The van der Waals surface area contributed by atoms with E-state index in [1.165, 1.54) is 12.3 Å². The lowest BCUT2D eigenvalue weighted by molar-refractivity contribution is 0.155. The van der Waals surface area contributed by atoms with E-state index in [1.807, 2.05) is 30.3 Å². The summed E-state index contributed by atoms with van der Waals surface area (Å²) in [5, 5.41) is 2.32. The predicted octanol–water partition coefficient (Wildman–Crippen LogP) is 3.73. The van der Waals surface area contributed by atoms with Crippen LogP contribution in [0.2, 0.25) is 0 Å². The number of rotatable bonds is 3. The zero-order valence-electron chi connectivity index (χ0n) is 9.77. The molecule has 2 rings (SSSR count). The molecule has 0 fully saturated rings. The first-order valence-corrected chi connectivity index (χ1v) is 6.24. The average molecular weight is 325 g/mol. The summed E-state index contributed by atoms with van der Waals surface area (Å²) >= 11 is 2.93. The van der Waals surface area contributed by atoms with Crippen LogP contribution in [0.4, 0.5) is 14.9 Å². The SMILES string of the molecule is O=C(Nc1ccnc(Br)c1F)OCc1ccccc1. The molecular weight excluding hydrogens is 315 g/mol. The largest absolute Gasteiger partial charge is 0.444 e. The van der Waals surface area contributed by atoms with Gasteiger partial charge in [-0.25, -0.2) is 14.2 Å². The molecule has 0 unspecified atom stereocenters. The molecule has 1 N–H and O–H groups in total. The zero-order valence-corrected chi connectivity index (χ0v) is 11.4. The number of nitrogens with zero attached hydrogens (tertiary/aromatic N) is 1. The van der Waals surface area contributed by atoms with Gasteiger partial charge in [-0.2, -0.15) is 0 Å². The highest BCUT2D eigenvalue weighted by atomic mass is 79.9. The van der Waals surface area contributed by atoms with Crippen LogP contribution in [0.25, 0.3) is 0 Å². The number of amides is 1. The van der Waals surface area contributed by atoms with Gasteiger partial charge in [0.1, 0.15) is 11.2 Å². The Hall–Kier alpha value is -1.95. The lowest BCUT2D eigenvalue weighted by Crippen LogP contribution is -2.14. The minimum absolute atomic E-state index is 0.0138. The van der Waals surface area contributed by atoms with Gasteiger partial charge in [-0.15, -0.1) is 0 Å². The van der Waals surface area contributed by atoms with Crippen LogP contribution in [-0.4, -0.2) is 11.1 Å². The van der Waals surface area contributed by atoms with Gasteiger partial charge in [0, 0.05) is 6.20 Å². The van der Waals surface area contributed by atoms with Gasteiger partial charge in [0.05, 0.1) is 5.69 Å². The summed E-state index contributed by atoms with van der Waals surface area (Å²) in [4.78, 5) is 15.2. The zero-order chi connectivity index (χ0) is 13.7. The van der Waals surface area contributed by atoms with Crippen LogP contribution in [-0.2, 0) is 11.3 Å². The molecule has 0 bridgehead atoms. The van der Waals surface area contributed by atoms with Crippen LogP contribution < -0.4 is 5.32 Å². The fourth-order valence-corrected chi connectivity index (χ4v) is 1.72. The van der Waals surface area contributed by atoms with Crippen molar-refractivity contribution in [2.24, 2.45) is 0 Å². The number of ether oxygens (including phenoxy) is 1. The van der Waals surface area contributed by atoms with Crippen LogP contribution in [0, 0.1) is 5.82 Å². The van der Waals surface area contributed by atoms with Crippen molar-refractivity contribution in [3.63, 3.8) is 0 Å². The molecule has 0 aliphatic carbocycles. The van der Waals surface area contributed by atoms with Crippen molar-refractivity contribution < 1.29 is 13.9 Å². The van der Waals surface area contributed by atoms with Crippen LogP contribution in [0.15, 0.2) is 47.2 Å². The second-order valence-electron chi connectivity index (χ2n) is 3.65. The maximum atomic E-state index is 13.5. The van der Waals surface area contributed by atoms with Crippen molar-refractivity contribution in [3.8, 4) is 0 Å². The average Bonchev–Trinajstić information content (AvgIpc) is 2.43. The third kappa shape index (κ3) is 3.75. The number of pyridine rings is 1. The van der Waals surface area contributed by atoms with Crippen LogP contribution in [0.3, 0.4) is 0 Å². The van der Waals surface area contributed by atoms with Crippen molar-refractivity contribution in [2.45, 2.75) is 6.61 Å². The molecule has 6 heteroatoms. The topological polar surface area (TPSA) is 51.2 Å². The van der Waals surface area contributed by atoms with Gasteiger partial charge >= 0.3 is 6.09 Å². The van der Waals surface area contributed by atoms with Gasteiger partial charge < -0.3 is 4.74 Å². The fraction of sp³-hybridized carbons (Fsp3) is 0.0769. The Morgan fingerprint density at radius 1 is 1.32 bits per heavy atom. The Kier molecular flexibility index (Phi) is 4.46. The predicted molar refractivity (Wildman–Crippen MR) is 72.1 cm³/mol. The van der Waals surface area contributed by atoms with E-state index >= 15 is 0 Å². The molecular formula is C13H10BrFN2O2. The summed E-state index contributed by atoms with van der Waals surface area (Å²) in [6.07, 6.45) is 0.654. The molecule has 4 nitrogen and oxygen atoms in total. The maximum Gasteiger partial charge on any atom is 0.412 e. The normalized spacial score (nSPS) is 10.0. The number of carbonyl (C=O) groups is 1. The molecule has 19 heavy (non-hydrogen) atoms. The number of anilines is 1. The summed E-state index contributed by atoms with van der Waals surface area (Å²) in [6.45, 7) is 0.126. The highest BCUT2D eigenvalue weighted by molar-refractivity contribution is 9.10. The van der Waals surface area contributed by atoms with E-state index < -0.39 is 11.9 Å². The Morgan fingerprint density at radius 2 is 2.05 bits per heavy atom. The van der Waals surface area contributed by atoms with E-state index in [0.29, 0.717) is 0 Å². The molecule has 2 aromatic rings. The summed E-state index contributed by atoms with van der Waals surface area (Å²) in [7, 11) is 0. The van der Waals surface area contributed by atoms with Gasteiger partial charge in [-0.05, 0) is 27.6 Å². The number of nitrogens with one attached hydrogen (secondary N) is 1. The smallest absolute Gasteiger partial charge is 0.412 e. The van der Waals surface area contributed by atoms with Crippen LogP contribution in [0.5, 0.6) is 0 Å². The maximum absolute atomic E-state index is 13.5. The number of carbonyl (C=O) groups excluding carboxylic acids is 1. The molecule has 1 amide bonds. The van der Waals surface area contributed by atoms with E-state index in [2.05, 4.69) is 26.2 Å². The van der Waals surface area contributed by atoms with E-state index in [1.54, 1.807) is 0 Å². The number of hydrogen-bond acceptors (Lipinski definition) is 3. The summed E-state index contributed by atoms with van der Waals surface area (Å²) < 4.78 is 18.6. The molecule has 0 aliphatic rings. The molecule has 0 spiro atoms. The van der Waals surface area contributed by atoms with Gasteiger partial charge in [-0.3, -0.25) is 5.32 Å².